The predicted octanol–water partition coefficient (Wildman–Crippen LogP) is 7.80. The van der Waals surface area contributed by atoms with Crippen LogP contribution in [-0.4, -0.2) is 37.5 Å². The highest BCUT2D eigenvalue weighted by molar-refractivity contribution is 8.23. The third-order valence-electron chi connectivity index (χ3n) is 7.01. The Morgan fingerprint density at radius 3 is 2.48 bits per heavy atom. The highest BCUT2D eigenvalue weighted by Crippen LogP contribution is 2.57. The van der Waals surface area contributed by atoms with Crippen LogP contribution >= 0.6 is 10.8 Å². The van der Waals surface area contributed by atoms with Crippen LogP contribution in [0.3, 0.4) is 0 Å². The van der Waals surface area contributed by atoms with Gasteiger partial charge in [0.2, 0.25) is 0 Å². The fraction of sp³-hybridized carbons (Fsp3) is 0.219. The van der Waals surface area contributed by atoms with Gasteiger partial charge in [0.15, 0.2) is 11.6 Å². The van der Waals surface area contributed by atoms with Crippen molar-refractivity contribution in [2.75, 3.05) is 10.6 Å². The second kappa shape index (κ2) is 10.8. The number of fused-ring (bicyclic) bond motifs is 2. The number of nitrogens with zero attached hydrogens (tertiary/aromatic N) is 1. The van der Waals surface area contributed by atoms with E-state index in [1.54, 1.807) is 45.9 Å². The van der Waals surface area contributed by atoms with E-state index >= 15 is 0 Å². The lowest BCUT2D eigenvalue weighted by atomic mass is 9.67. The monoisotopic (exact) mass is 587 g/mol. The second-order valence-corrected chi connectivity index (χ2v) is 13.0. The summed E-state index contributed by atoms with van der Waals surface area (Å²) in [5.41, 5.74) is 0.735. The Kier molecular flexibility index (Phi) is 7.48. The van der Waals surface area contributed by atoms with Crippen LogP contribution in [0.5, 0.6) is 0 Å². The van der Waals surface area contributed by atoms with Crippen molar-refractivity contribution in [1.29, 1.82) is 0 Å². The van der Waals surface area contributed by atoms with Crippen molar-refractivity contribution in [2.24, 2.45) is 4.40 Å². The fourth-order valence-corrected chi connectivity index (χ4v) is 6.20. The third-order valence-corrected chi connectivity index (χ3v) is 8.37. The number of allylic oxidation sites excluding steroid dienone is 1. The fourth-order valence-electron chi connectivity index (χ4n) is 5.01. The molecule has 9 nitrogen and oxygen atoms in total. The number of aliphatic hydroxyl groups is 1. The Bertz CT molecular complexity index is 1660. The number of amides is 1. The van der Waals surface area contributed by atoms with Crippen LogP contribution in [0.4, 0.5) is 16.2 Å². The van der Waals surface area contributed by atoms with E-state index in [0.29, 0.717) is 17.5 Å². The summed E-state index contributed by atoms with van der Waals surface area (Å²) >= 11 is 0. The maximum atomic E-state index is 14.2. The summed E-state index contributed by atoms with van der Waals surface area (Å²) in [5, 5.41) is 16.9. The largest absolute Gasteiger partial charge is 0.506 e. The zero-order chi connectivity index (χ0) is 30.3. The summed E-state index contributed by atoms with van der Waals surface area (Å²) in [5.74, 6) is -0.858. The van der Waals surface area contributed by atoms with E-state index in [2.05, 4.69) is 15.0 Å². The molecule has 0 bridgehead atoms. The number of Topliss-reactive ketones (excluding diaryl/α,β-unsaturated/α-hetero) is 1. The number of aliphatic hydroxyl groups excluding tert-OH is 1. The van der Waals surface area contributed by atoms with Gasteiger partial charge in [0, 0.05) is 11.3 Å². The van der Waals surface area contributed by atoms with E-state index in [0.717, 1.165) is 5.56 Å². The molecule has 5 rings (SSSR count). The predicted molar refractivity (Wildman–Crippen MR) is 167 cm³/mol. The third kappa shape index (κ3) is 5.69. The van der Waals surface area contributed by atoms with Crippen LogP contribution in [-0.2, 0) is 14.9 Å². The van der Waals surface area contributed by atoms with Gasteiger partial charge in [-0.25, -0.2) is 4.79 Å². The summed E-state index contributed by atoms with van der Waals surface area (Å²) in [6.07, 6.45) is 3.48. The molecule has 0 aromatic heterocycles. The Morgan fingerprint density at radius 1 is 1.07 bits per heavy atom. The first-order chi connectivity index (χ1) is 19.8. The van der Waals surface area contributed by atoms with Crippen molar-refractivity contribution < 1.29 is 28.5 Å². The molecule has 218 valence electrons. The Balaban J connectivity index is 1.50. The van der Waals surface area contributed by atoms with Crippen molar-refractivity contribution in [1.82, 2.24) is 0 Å². The van der Waals surface area contributed by atoms with E-state index in [1.165, 1.54) is 12.1 Å². The van der Waals surface area contributed by atoms with Crippen LogP contribution in [0.2, 0.25) is 0 Å². The molecule has 0 saturated carbocycles. The summed E-state index contributed by atoms with van der Waals surface area (Å²) in [7, 11) is -3.83. The number of anilines is 2. The van der Waals surface area contributed by atoms with Gasteiger partial charge in [0.05, 0.1) is 11.1 Å². The maximum absolute atomic E-state index is 14.2. The van der Waals surface area contributed by atoms with Crippen molar-refractivity contribution in [2.45, 2.75) is 50.0 Å². The number of benzene rings is 3. The number of rotatable bonds is 5. The number of carbonyl (C=O) groups is 2. The van der Waals surface area contributed by atoms with E-state index in [4.69, 9.17) is 4.74 Å². The molecule has 1 atom stereocenters. The first kappa shape index (κ1) is 29.1. The Hall–Kier alpha value is -4.38. The topological polar surface area (TPSA) is 140 Å². The van der Waals surface area contributed by atoms with Crippen LogP contribution in [0.25, 0.3) is 11.8 Å². The van der Waals surface area contributed by atoms with Crippen LogP contribution < -0.4 is 10.6 Å². The van der Waals surface area contributed by atoms with Gasteiger partial charge in [-0.1, -0.05) is 77.5 Å². The molecule has 1 amide bonds. The number of nitrogens with one attached hydrogen (secondary N) is 2. The van der Waals surface area contributed by atoms with Gasteiger partial charge in [-0.3, -0.25) is 19.2 Å². The molecular formula is C32H33N3O6S. The lowest BCUT2D eigenvalue weighted by Gasteiger charge is -2.38. The van der Waals surface area contributed by atoms with Crippen molar-refractivity contribution in [3.63, 3.8) is 0 Å². The molecule has 3 aromatic carbocycles. The minimum Gasteiger partial charge on any atom is -0.506 e. The molecule has 1 aliphatic carbocycles. The number of carbonyl (C=O) groups excluding carboxylic acids is 2. The lowest BCUT2D eigenvalue weighted by molar-refractivity contribution is -0.120. The number of ether oxygens (including phenoxy) is 1. The lowest BCUT2D eigenvalue weighted by Crippen LogP contribution is -2.42. The normalized spacial score (nSPS) is 20.2. The molecule has 0 fully saturated rings. The van der Waals surface area contributed by atoms with Gasteiger partial charge in [0.25, 0.3) is 0 Å². The SMILES string of the molecule is CC(C)(C)OC(=O)Nc1ccc2c(c1)S(O)(O)N=C(C1=C(O)c3ccccc3C(C)(C/C=C/c3ccccc3)C1=O)N2. The van der Waals surface area contributed by atoms with Gasteiger partial charge in [0.1, 0.15) is 21.8 Å². The molecule has 5 N–H and O–H groups in total. The summed E-state index contributed by atoms with van der Waals surface area (Å²) in [6, 6.07) is 21.3. The van der Waals surface area contributed by atoms with Gasteiger partial charge < -0.3 is 15.2 Å². The quantitative estimate of drug-likeness (QED) is 0.205. The molecular weight excluding hydrogens is 554 g/mol. The van der Waals surface area contributed by atoms with E-state index in [9.17, 15) is 23.8 Å². The second-order valence-electron chi connectivity index (χ2n) is 11.4. The van der Waals surface area contributed by atoms with Crippen molar-refractivity contribution in [3.05, 3.63) is 101 Å². The molecule has 2 aliphatic rings. The first-order valence-electron chi connectivity index (χ1n) is 13.4. The number of hydrogen-bond donors (Lipinski definition) is 5. The number of hydrogen-bond acceptors (Lipinski definition) is 8. The van der Waals surface area contributed by atoms with Crippen molar-refractivity contribution in [3.8, 4) is 0 Å². The van der Waals surface area contributed by atoms with Gasteiger partial charge in [-0.2, -0.15) is 0 Å². The standard InChI is InChI=1S/C32H33N3O6S/c1-31(2,3)41-30(38)33-21-16-17-24-25(19-21)42(39,40)35-29(34-24)26-27(36)22-14-8-9-15-23(22)32(4,28(26)37)18-10-13-20-11-6-5-7-12-20/h5-17,19,36,39-40H,18H2,1-4H3,(H,33,38)(H,34,35)/b13-10+. The van der Waals surface area contributed by atoms with Crippen LogP contribution in [0.1, 0.15) is 50.8 Å². The highest BCUT2D eigenvalue weighted by atomic mass is 32.3. The zero-order valence-corrected chi connectivity index (χ0v) is 24.5. The molecule has 42 heavy (non-hydrogen) atoms. The smallest absolute Gasteiger partial charge is 0.412 e. The number of ketones is 1. The van der Waals surface area contributed by atoms with Gasteiger partial charge in [-0.15, -0.1) is 4.40 Å². The maximum Gasteiger partial charge on any atom is 0.412 e. The molecule has 0 saturated heterocycles. The average Bonchev–Trinajstić information content (AvgIpc) is 2.92. The molecule has 0 radical (unpaired) electrons. The van der Waals surface area contributed by atoms with Crippen molar-refractivity contribution >= 4 is 51.7 Å². The van der Waals surface area contributed by atoms with Gasteiger partial charge in [-0.05, 0) is 63.4 Å². The molecule has 0 spiro atoms. The molecule has 3 aromatic rings. The van der Waals surface area contributed by atoms with Crippen LogP contribution in [0, 0.1) is 0 Å². The summed E-state index contributed by atoms with van der Waals surface area (Å²) in [4.78, 5) is 26.4. The first-order valence-corrected chi connectivity index (χ1v) is 14.9. The number of amidine groups is 1. The van der Waals surface area contributed by atoms with E-state index in [-0.39, 0.29) is 33.4 Å². The van der Waals surface area contributed by atoms with Gasteiger partial charge >= 0.3 is 6.09 Å². The Labute approximate surface area is 246 Å². The molecule has 1 heterocycles. The molecule has 1 aliphatic heterocycles. The molecule has 1 unspecified atom stereocenters. The minimum absolute atomic E-state index is 0.0251. The van der Waals surface area contributed by atoms with E-state index < -0.39 is 33.7 Å². The molecule has 10 heteroatoms. The minimum atomic E-state index is -3.83. The van der Waals surface area contributed by atoms with Crippen LogP contribution in [0.15, 0.2) is 93.7 Å². The zero-order valence-electron chi connectivity index (χ0n) is 23.7. The summed E-state index contributed by atoms with van der Waals surface area (Å²) in [6.45, 7) is 7.00. The summed E-state index contributed by atoms with van der Waals surface area (Å²) < 4.78 is 31.6. The Morgan fingerprint density at radius 2 is 1.76 bits per heavy atom. The van der Waals surface area contributed by atoms with E-state index in [1.807, 2.05) is 54.6 Å². The highest BCUT2D eigenvalue weighted by Gasteiger charge is 2.46. The average molecular weight is 588 g/mol.